The van der Waals surface area contributed by atoms with E-state index in [1.54, 1.807) is 29.3 Å². The van der Waals surface area contributed by atoms with Gasteiger partial charge in [-0.15, -0.1) is 0 Å². The molecule has 0 saturated heterocycles. The minimum Gasteiger partial charge on any atom is -0.469 e. The highest BCUT2D eigenvalue weighted by Crippen LogP contribution is 2.46. The molecule has 0 radical (unpaired) electrons. The van der Waals surface area contributed by atoms with Crippen LogP contribution in [0, 0.1) is 5.82 Å². The molecule has 2 aliphatic rings. The van der Waals surface area contributed by atoms with Crippen molar-refractivity contribution in [3.63, 3.8) is 0 Å². The topological polar surface area (TPSA) is 24.5 Å². The Morgan fingerprint density at radius 1 is 0.900 bits per heavy atom. The van der Waals surface area contributed by atoms with Gasteiger partial charge in [-0.2, -0.15) is 18.2 Å². The van der Waals surface area contributed by atoms with E-state index in [-0.39, 0.29) is 11.9 Å². The number of nitrogens with zero attached hydrogens (tertiary/aromatic N) is 1. The van der Waals surface area contributed by atoms with Crippen molar-refractivity contribution < 1.29 is 22.3 Å². The Morgan fingerprint density at radius 2 is 1.67 bits per heavy atom. The molecule has 7 heteroatoms. The van der Waals surface area contributed by atoms with E-state index in [0.717, 1.165) is 29.0 Å². The lowest BCUT2D eigenvalue weighted by Crippen LogP contribution is -2.43. The number of hydrogen-bond donors (Lipinski definition) is 1. The Balaban J connectivity index is 1.57. The maximum atomic E-state index is 13.3. The molecule has 1 N–H and O–H groups in total. The molecule has 3 aromatic rings. The van der Waals surface area contributed by atoms with Crippen LogP contribution in [0.4, 0.5) is 17.6 Å². The molecule has 0 unspecified atom stereocenters. The van der Waals surface area contributed by atoms with Gasteiger partial charge in [-0.05, 0) is 54.1 Å². The summed E-state index contributed by atoms with van der Waals surface area (Å²) < 4.78 is 59.2. The monoisotopic (exact) mass is 412 g/mol. The van der Waals surface area contributed by atoms with Gasteiger partial charge in [-0.3, -0.25) is 0 Å². The van der Waals surface area contributed by atoms with Gasteiger partial charge in [0.05, 0.1) is 17.3 Å². The van der Waals surface area contributed by atoms with E-state index in [1.807, 2.05) is 24.3 Å². The number of hydrogen-bond acceptors (Lipinski definition) is 3. The fraction of sp³-hybridized carbons (Fsp3) is 0.130. The van der Waals surface area contributed by atoms with Crippen molar-refractivity contribution in [1.82, 2.24) is 10.4 Å². The molecule has 0 spiro atoms. The molecule has 0 aliphatic carbocycles. The highest BCUT2D eigenvalue weighted by molar-refractivity contribution is 5.67. The van der Waals surface area contributed by atoms with Crippen LogP contribution in [0.5, 0.6) is 5.75 Å². The van der Waals surface area contributed by atoms with E-state index in [2.05, 4.69) is 5.43 Å². The summed E-state index contributed by atoms with van der Waals surface area (Å²) in [5.74, 6) is 0.269. The second-order valence-corrected chi connectivity index (χ2v) is 7.18. The predicted molar refractivity (Wildman–Crippen MR) is 103 cm³/mol. The first-order valence-corrected chi connectivity index (χ1v) is 9.36. The third-order valence-corrected chi connectivity index (χ3v) is 5.26. The molecule has 5 rings (SSSR count). The van der Waals surface area contributed by atoms with Crippen LogP contribution in [0.15, 0.2) is 78.9 Å². The van der Waals surface area contributed by atoms with E-state index >= 15 is 0 Å². The van der Waals surface area contributed by atoms with Crippen LogP contribution in [0.25, 0.3) is 5.70 Å². The van der Waals surface area contributed by atoms with Gasteiger partial charge in [-0.1, -0.05) is 30.3 Å². The summed E-state index contributed by atoms with van der Waals surface area (Å²) in [4.78, 5) is 0. The van der Waals surface area contributed by atoms with Crippen LogP contribution < -0.4 is 10.2 Å². The molecule has 2 aliphatic heterocycles. The Hall–Kier alpha value is -3.32. The SMILES string of the molecule is Fc1ccc(C2=C[C@@H]3c4ccccc4O[C@H](c4cccc(C(F)(F)F)c4)N3N2)cc1. The third-order valence-electron chi connectivity index (χ3n) is 5.26. The Morgan fingerprint density at radius 3 is 2.43 bits per heavy atom. The van der Waals surface area contributed by atoms with E-state index < -0.39 is 18.0 Å². The van der Waals surface area contributed by atoms with Crippen LogP contribution in [0.1, 0.15) is 34.5 Å². The summed E-state index contributed by atoms with van der Waals surface area (Å²) in [5.41, 5.74) is 5.29. The second-order valence-electron chi connectivity index (χ2n) is 7.18. The quantitative estimate of drug-likeness (QED) is 0.536. The van der Waals surface area contributed by atoms with Gasteiger partial charge in [0.1, 0.15) is 11.6 Å². The van der Waals surface area contributed by atoms with E-state index in [4.69, 9.17) is 4.74 Å². The molecule has 0 saturated carbocycles. The summed E-state index contributed by atoms with van der Waals surface area (Å²) in [6.07, 6.45) is -3.26. The zero-order valence-corrected chi connectivity index (χ0v) is 15.5. The van der Waals surface area contributed by atoms with Crippen molar-refractivity contribution in [2.75, 3.05) is 0 Å². The van der Waals surface area contributed by atoms with Gasteiger partial charge in [0.15, 0.2) is 6.23 Å². The lowest BCUT2D eigenvalue weighted by atomic mass is 10.00. The van der Waals surface area contributed by atoms with Gasteiger partial charge in [0.2, 0.25) is 0 Å². The largest absolute Gasteiger partial charge is 0.469 e. The smallest absolute Gasteiger partial charge is 0.416 e. The number of fused-ring (bicyclic) bond motifs is 3. The molecule has 0 amide bonds. The summed E-state index contributed by atoms with van der Waals surface area (Å²) in [6, 6.07) is 18.3. The van der Waals surface area contributed by atoms with Gasteiger partial charge in [0.25, 0.3) is 0 Å². The minimum atomic E-state index is -4.45. The maximum Gasteiger partial charge on any atom is 0.416 e. The summed E-state index contributed by atoms with van der Waals surface area (Å²) in [6.45, 7) is 0. The predicted octanol–water partition coefficient (Wildman–Crippen LogP) is 5.84. The number of ether oxygens (including phenoxy) is 1. The Labute approximate surface area is 170 Å². The molecule has 0 bridgehead atoms. The molecular formula is C23H16F4N2O. The minimum absolute atomic E-state index is 0.255. The first-order valence-electron chi connectivity index (χ1n) is 9.36. The molecule has 0 fully saturated rings. The Bertz CT molecular complexity index is 1120. The van der Waals surface area contributed by atoms with Crippen molar-refractivity contribution >= 4 is 5.70 Å². The summed E-state index contributed by atoms with van der Waals surface area (Å²) in [7, 11) is 0. The van der Waals surface area contributed by atoms with Crippen molar-refractivity contribution in [2.24, 2.45) is 0 Å². The van der Waals surface area contributed by atoms with Gasteiger partial charge < -0.3 is 10.2 Å². The highest BCUT2D eigenvalue weighted by Gasteiger charge is 2.41. The highest BCUT2D eigenvalue weighted by atomic mass is 19.4. The average Bonchev–Trinajstić information content (AvgIpc) is 3.19. The zero-order chi connectivity index (χ0) is 20.9. The summed E-state index contributed by atoms with van der Waals surface area (Å²) in [5, 5.41) is 1.77. The fourth-order valence-corrected chi connectivity index (χ4v) is 3.82. The number of benzene rings is 3. The van der Waals surface area contributed by atoms with Gasteiger partial charge >= 0.3 is 6.18 Å². The number of hydrazine groups is 1. The zero-order valence-electron chi connectivity index (χ0n) is 15.5. The van der Waals surface area contributed by atoms with E-state index in [9.17, 15) is 17.6 Å². The molecular weight excluding hydrogens is 396 g/mol. The van der Waals surface area contributed by atoms with Crippen molar-refractivity contribution in [3.8, 4) is 5.75 Å². The number of para-hydroxylation sites is 1. The number of halogens is 4. The summed E-state index contributed by atoms with van der Waals surface area (Å²) >= 11 is 0. The van der Waals surface area contributed by atoms with Crippen molar-refractivity contribution in [2.45, 2.75) is 18.4 Å². The molecule has 3 aromatic carbocycles. The van der Waals surface area contributed by atoms with E-state index in [0.29, 0.717) is 11.3 Å². The first kappa shape index (κ1) is 18.7. The molecule has 30 heavy (non-hydrogen) atoms. The lowest BCUT2D eigenvalue weighted by molar-refractivity contribution is -0.137. The lowest BCUT2D eigenvalue weighted by Gasteiger charge is -2.39. The van der Waals surface area contributed by atoms with Crippen LogP contribution in [0.3, 0.4) is 0 Å². The molecule has 3 nitrogen and oxygen atoms in total. The molecule has 2 atom stereocenters. The van der Waals surface area contributed by atoms with Crippen LogP contribution in [-0.2, 0) is 6.18 Å². The fourth-order valence-electron chi connectivity index (χ4n) is 3.82. The van der Waals surface area contributed by atoms with Crippen molar-refractivity contribution in [3.05, 3.63) is 107 Å². The van der Waals surface area contributed by atoms with Crippen LogP contribution in [-0.4, -0.2) is 5.01 Å². The second kappa shape index (κ2) is 6.88. The molecule has 2 heterocycles. The standard InChI is InChI=1S/C23H16F4N2O/c24-17-10-8-14(9-11-17)19-13-20-18-6-1-2-7-21(18)30-22(29(20)28-19)15-4-3-5-16(12-15)23(25,26)27/h1-13,20,22,28H/t20-,22-/m1/s1. The normalized spacial score (nSPS) is 20.6. The van der Waals surface area contributed by atoms with Crippen molar-refractivity contribution in [1.29, 1.82) is 0 Å². The van der Waals surface area contributed by atoms with E-state index in [1.165, 1.54) is 18.2 Å². The molecule has 0 aromatic heterocycles. The Kier molecular flexibility index (Phi) is 4.29. The number of alkyl halides is 3. The first-order chi connectivity index (χ1) is 14.4. The number of rotatable bonds is 2. The van der Waals surface area contributed by atoms with Gasteiger partial charge in [-0.25, -0.2) is 4.39 Å². The van der Waals surface area contributed by atoms with Crippen LogP contribution in [0.2, 0.25) is 0 Å². The van der Waals surface area contributed by atoms with Gasteiger partial charge in [0, 0.05) is 11.1 Å². The third kappa shape index (κ3) is 3.21. The molecule has 152 valence electrons. The average molecular weight is 412 g/mol. The van der Waals surface area contributed by atoms with Crippen LogP contribution >= 0.6 is 0 Å². The number of nitrogens with one attached hydrogen (secondary N) is 1. The maximum absolute atomic E-state index is 13.3.